The molecule has 0 bridgehead atoms. The number of furan rings is 1. The van der Waals surface area contributed by atoms with E-state index in [1.54, 1.807) is 36.4 Å². The van der Waals surface area contributed by atoms with E-state index in [0.717, 1.165) is 27.1 Å². The van der Waals surface area contributed by atoms with Crippen LogP contribution < -0.4 is 10.1 Å². The largest absolute Gasteiger partial charge is 0.487 e. The molecular formula is C27H17ClFN3O3S. The standard InChI is InChI=1S/C27H17ClFN3O3S/c28-23-13-19(4-9-25(23)34-15-17-2-1-3-18(29)12-17)32-27-26-24(30-16-31-27)14-22(36-26)8-7-20-5-6-21(35-20)10-11-33/h1-6,9,11-14,16H,10,15H2,(H,30,31,32). The van der Waals surface area contributed by atoms with E-state index in [9.17, 15) is 9.18 Å². The minimum absolute atomic E-state index is 0.201. The number of aromatic nitrogens is 2. The van der Waals surface area contributed by atoms with Crippen LogP contribution >= 0.6 is 22.9 Å². The molecule has 5 aromatic rings. The van der Waals surface area contributed by atoms with Crippen molar-refractivity contribution in [3.63, 3.8) is 0 Å². The lowest BCUT2D eigenvalue weighted by Crippen LogP contribution is -1.98. The first kappa shape index (κ1) is 23.5. The van der Waals surface area contributed by atoms with Gasteiger partial charge in [0.1, 0.15) is 36.5 Å². The summed E-state index contributed by atoms with van der Waals surface area (Å²) in [5.41, 5.74) is 2.18. The maximum Gasteiger partial charge on any atom is 0.177 e. The van der Waals surface area contributed by atoms with Gasteiger partial charge >= 0.3 is 0 Å². The van der Waals surface area contributed by atoms with Crippen molar-refractivity contribution >= 4 is 50.9 Å². The number of aldehydes is 1. The highest BCUT2D eigenvalue weighted by Gasteiger charge is 2.10. The second-order valence-corrected chi connectivity index (χ2v) is 9.08. The molecular weight excluding hydrogens is 501 g/mol. The fourth-order valence-electron chi connectivity index (χ4n) is 3.39. The number of halogens is 2. The Kier molecular flexibility index (Phi) is 6.94. The first-order valence-corrected chi connectivity index (χ1v) is 12.0. The van der Waals surface area contributed by atoms with Gasteiger partial charge in [-0.3, -0.25) is 0 Å². The maximum absolute atomic E-state index is 13.4. The molecule has 0 atom stereocenters. The third kappa shape index (κ3) is 5.54. The van der Waals surface area contributed by atoms with Gasteiger partial charge in [-0.2, -0.15) is 0 Å². The molecule has 0 saturated heterocycles. The highest BCUT2D eigenvalue weighted by Crippen LogP contribution is 2.33. The van der Waals surface area contributed by atoms with Crippen molar-refractivity contribution in [3.05, 3.63) is 99.8 Å². The molecule has 3 aromatic heterocycles. The van der Waals surface area contributed by atoms with E-state index in [-0.39, 0.29) is 18.8 Å². The van der Waals surface area contributed by atoms with Gasteiger partial charge in [0.2, 0.25) is 0 Å². The average Bonchev–Trinajstić information content (AvgIpc) is 3.50. The number of carbonyl (C=O) groups is 1. The molecule has 0 fully saturated rings. The summed E-state index contributed by atoms with van der Waals surface area (Å²) in [6.07, 6.45) is 2.49. The second kappa shape index (κ2) is 10.6. The predicted molar refractivity (Wildman–Crippen MR) is 137 cm³/mol. The number of benzene rings is 2. The van der Waals surface area contributed by atoms with Gasteiger partial charge in [0.15, 0.2) is 11.6 Å². The van der Waals surface area contributed by atoms with Crippen LogP contribution in [0.15, 0.2) is 71.4 Å². The molecule has 0 spiro atoms. The lowest BCUT2D eigenvalue weighted by Gasteiger charge is -2.11. The molecule has 1 N–H and O–H groups in total. The minimum Gasteiger partial charge on any atom is -0.487 e. The molecule has 5 rings (SSSR count). The van der Waals surface area contributed by atoms with E-state index < -0.39 is 0 Å². The number of nitrogens with one attached hydrogen (secondary N) is 1. The monoisotopic (exact) mass is 517 g/mol. The van der Waals surface area contributed by atoms with Gasteiger partial charge in [-0.15, -0.1) is 11.3 Å². The van der Waals surface area contributed by atoms with E-state index in [1.165, 1.54) is 29.8 Å². The third-order valence-electron chi connectivity index (χ3n) is 5.04. The second-order valence-electron chi connectivity index (χ2n) is 7.62. The number of anilines is 2. The Morgan fingerprint density at radius 2 is 2.03 bits per heavy atom. The summed E-state index contributed by atoms with van der Waals surface area (Å²) in [5.74, 6) is 7.90. The van der Waals surface area contributed by atoms with E-state index >= 15 is 0 Å². The molecule has 2 aromatic carbocycles. The molecule has 9 heteroatoms. The Labute approximate surface area is 214 Å². The van der Waals surface area contributed by atoms with E-state index in [0.29, 0.717) is 33.7 Å². The molecule has 36 heavy (non-hydrogen) atoms. The van der Waals surface area contributed by atoms with Gasteiger partial charge in [-0.1, -0.05) is 23.7 Å². The molecule has 0 aliphatic carbocycles. The van der Waals surface area contributed by atoms with Crippen LogP contribution in [0, 0.1) is 17.7 Å². The van der Waals surface area contributed by atoms with Gasteiger partial charge in [0, 0.05) is 5.69 Å². The zero-order valence-corrected chi connectivity index (χ0v) is 20.2. The lowest BCUT2D eigenvalue weighted by molar-refractivity contribution is -0.107. The molecule has 0 radical (unpaired) electrons. The van der Waals surface area contributed by atoms with Crippen molar-refractivity contribution in [2.24, 2.45) is 0 Å². The number of hydrogen-bond donors (Lipinski definition) is 1. The Balaban J connectivity index is 1.31. The molecule has 0 unspecified atom stereocenters. The van der Waals surface area contributed by atoms with Crippen molar-refractivity contribution in [1.82, 2.24) is 9.97 Å². The molecule has 0 aliphatic rings. The Morgan fingerprint density at radius 1 is 1.11 bits per heavy atom. The first-order chi connectivity index (χ1) is 17.6. The van der Waals surface area contributed by atoms with E-state index in [2.05, 4.69) is 27.1 Å². The fraction of sp³-hybridized carbons (Fsp3) is 0.0741. The summed E-state index contributed by atoms with van der Waals surface area (Å²) in [5, 5.41) is 3.68. The first-order valence-electron chi connectivity index (χ1n) is 10.8. The number of hydrogen-bond acceptors (Lipinski definition) is 7. The number of fused-ring (bicyclic) bond motifs is 1. The lowest BCUT2D eigenvalue weighted by atomic mass is 10.2. The summed E-state index contributed by atoms with van der Waals surface area (Å²) >= 11 is 7.87. The minimum atomic E-state index is -0.315. The SMILES string of the molecule is O=CCc1ccc(C#Cc2cc3ncnc(Nc4ccc(OCc5cccc(F)c5)c(Cl)c4)c3s2)o1. The van der Waals surface area contributed by atoms with Crippen LogP contribution in [-0.4, -0.2) is 16.3 Å². The molecule has 6 nitrogen and oxygen atoms in total. The fourth-order valence-corrected chi connectivity index (χ4v) is 4.53. The summed E-state index contributed by atoms with van der Waals surface area (Å²) in [4.78, 5) is 20.1. The Hall–Kier alpha value is -4.19. The summed E-state index contributed by atoms with van der Waals surface area (Å²) < 4.78 is 25.5. The van der Waals surface area contributed by atoms with Crippen LogP contribution in [0.25, 0.3) is 10.2 Å². The highest BCUT2D eigenvalue weighted by molar-refractivity contribution is 7.20. The molecule has 3 heterocycles. The van der Waals surface area contributed by atoms with E-state index in [1.807, 2.05) is 12.1 Å². The quantitative estimate of drug-likeness (QED) is 0.195. The average molecular weight is 518 g/mol. The van der Waals surface area contributed by atoms with Gasteiger partial charge < -0.3 is 19.3 Å². The summed E-state index contributed by atoms with van der Waals surface area (Å²) in [7, 11) is 0. The number of nitrogens with zero attached hydrogens (tertiary/aromatic N) is 2. The van der Waals surface area contributed by atoms with E-state index in [4.69, 9.17) is 20.8 Å². The van der Waals surface area contributed by atoms with Gasteiger partial charge in [-0.25, -0.2) is 14.4 Å². The third-order valence-corrected chi connectivity index (χ3v) is 6.39. The molecule has 178 valence electrons. The normalized spacial score (nSPS) is 10.6. The van der Waals surface area contributed by atoms with Crippen molar-refractivity contribution in [2.45, 2.75) is 13.0 Å². The zero-order valence-electron chi connectivity index (χ0n) is 18.6. The summed E-state index contributed by atoms with van der Waals surface area (Å²) in [6.45, 7) is 0.201. The van der Waals surface area contributed by atoms with Crippen LogP contribution in [-0.2, 0) is 17.8 Å². The number of rotatable bonds is 7. The van der Waals surface area contributed by atoms with Crippen LogP contribution in [0.2, 0.25) is 5.02 Å². The van der Waals surface area contributed by atoms with Crippen molar-refractivity contribution in [3.8, 4) is 17.6 Å². The number of ether oxygens (including phenoxy) is 1. The van der Waals surface area contributed by atoms with Crippen LogP contribution in [0.1, 0.15) is 22.0 Å². The van der Waals surface area contributed by atoms with Gasteiger partial charge in [0.05, 0.1) is 26.5 Å². The smallest absolute Gasteiger partial charge is 0.177 e. The molecule has 0 saturated carbocycles. The van der Waals surface area contributed by atoms with Crippen molar-refractivity contribution < 1.29 is 18.3 Å². The highest BCUT2D eigenvalue weighted by atomic mass is 35.5. The number of thiophene rings is 1. The number of carbonyl (C=O) groups excluding carboxylic acids is 1. The topological polar surface area (TPSA) is 77.2 Å². The molecule has 0 aliphatic heterocycles. The van der Waals surface area contributed by atoms with Crippen molar-refractivity contribution in [1.29, 1.82) is 0 Å². The van der Waals surface area contributed by atoms with Crippen LogP contribution in [0.3, 0.4) is 0 Å². The Morgan fingerprint density at radius 3 is 2.86 bits per heavy atom. The zero-order chi connectivity index (χ0) is 24.9. The summed E-state index contributed by atoms with van der Waals surface area (Å²) in [6, 6.07) is 16.9. The van der Waals surface area contributed by atoms with Crippen LogP contribution in [0.4, 0.5) is 15.9 Å². The molecule has 0 amide bonds. The maximum atomic E-state index is 13.4. The van der Waals surface area contributed by atoms with Gasteiger partial charge in [-0.05, 0) is 65.9 Å². The van der Waals surface area contributed by atoms with Crippen LogP contribution in [0.5, 0.6) is 5.75 Å². The van der Waals surface area contributed by atoms with Crippen molar-refractivity contribution in [2.75, 3.05) is 5.32 Å². The predicted octanol–water partition coefficient (Wildman–Crippen LogP) is 6.54. The Bertz CT molecular complexity index is 1620. The van der Waals surface area contributed by atoms with Gasteiger partial charge in [0.25, 0.3) is 0 Å².